The van der Waals surface area contributed by atoms with Gasteiger partial charge in [0.15, 0.2) is 11.4 Å². The molecular formula is C16H15N3O3. The summed E-state index contributed by atoms with van der Waals surface area (Å²) >= 11 is 0. The van der Waals surface area contributed by atoms with Gasteiger partial charge in [0.1, 0.15) is 11.8 Å². The molecule has 0 aliphatic rings. The van der Waals surface area contributed by atoms with Crippen molar-refractivity contribution in [1.82, 2.24) is 10.3 Å². The Morgan fingerprint density at radius 1 is 1.45 bits per heavy atom. The van der Waals surface area contributed by atoms with Crippen LogP contribution in [0, 0.1) is 18.3 Å². The largest absolute Gasteiger partial charge is 0.505 e. The maximum absolute atomic E-state index is 12.2. The van der Waals surface area contributed by atoms with Crippen LogP contribution in [0.25, 0.3) is 0 Å². The summed E-state index contributed by atoms with van der Waals surface area (Å²) in [6, 6.07) is 9.77. The van der Waals surface area contributed by atoms with Gasteiger partial charge in [-0.2, -0.15) is 5.26 Å². The predicted octanol–water partition coefficient (Wildman–Crippen LogP) is 2.10. The zero-order chi connectivity index (χ0) is 16.1. The Hall–Kier alpha value is -3.07. The molecule has 6 heteroatoms. The molecule has 0 aliphatic carbocycles. The van der Waals surface area contributed by atoms with Crippen molar-refractivity contribution in [2.75, 3.05) is 7.11 Å². The molecule has 0 fully saturated rings. The summed E-state index contributed by atoms with van der Waals surface area (Å²) in [5.74, 6) is -0.599. The van der Waals surface area contributed by atoms with Gasteiger partial charge in [0.25, 0.3) is 5.91 Å². The van der Waals surface area contributed by atoms with E-state index in [1.54, 1.807) is 12.1 Å². The molecule has 1 heterocycles. The third kappa shape index (κ3) is 3.15. The Morgan fingerprint density at radius 2 is 2.18 bits per heavy atom. The van der Waals surface area contributed by atoms with Gasteiger partial charge in [-0.15, -0.1) is 0 Å². The van der Waals surface area contributed by atoms with Gasteiger partial charge in [0.2, 0.25) is 0 Å². The second kappa shape index (κ2) is 6.59. The van der Waals surface area contributed by atoms with Gasteiger partial charge in [0.05, 0.1) is 19.4 Å². The smallest absolute Gasteiger partial charge is 0.275 e. The van der Waals surface area contributed by atoms with E-state index in [9.17, 15) is 15.2 Å². The van der Waals surface area contributed by atoms with E-state index in [4.69, 9.17) is 4.74 Å². The van der Waals surface area contributed by atoms with E-state index >= 15 is 0 Å². The van der Waals surface area contributed by atoms with Gasteiger partial charge < -0.3 is 15.2 Å². The third-order valence-electron chi connectivity index (χ3n) is 3.20. The molecule has 0 aliphatic heterocycles. The molecule has 1 atom stereocenters. The summed E-state index contributed by atoms with van der Waals surface area (Å²) in [5.41, 5.74) is 1.43. The molecule has 0 spiro atoms. The number of nitrogens with zero attached hydrogens (tertiary/aromatic N) is 2. The van der Waals surface area contributed by atoms with Crippen LogP contribution in [-0.2, 0) is 0 Å². The van der Waals surface area contributed by atoms with Gasteiger partial charge >= 0.3 is 0 Å². The van der Waals surface area contributed by atoms with Gasteiger partial charge in [-0.05, 0) is 18.1 Å². The zero-order valence-corrected chi connectivity index (χ0v) is 12.2. The topological polar surface area (TPSA) is 95.2 Å². The number of hydrogen-bond donors (Lipinski definition) is 2. The van der Waals surface area contributed by atoms with E-state index in [1.165, 1.54) is 19.4 Å². The van der Waals surface area contributed by atoms with Crippen LogP contribution in [0.3, 0.4) is 0 Å². The molecule has 1 amide bonds. The number of ether oxygens (including phenoxy) is 1. The normalized spacial score (nSPS) is 11.3. The number of nitrogens with one attached hydrogen (secondary N) is 1. The minimum atomic E-state index is -0.822. The van der Waals surface area contributed by atoms with Gasteiger partial charge in [0, 0.05) is 6.07 Å². The lowest BCUT2D eigenvalue weighted by Crippen LogP contribution is -2.28. The van der Waals surface area contributed by atoms with Crippen LogP contribution in [0.5, 0.6) is 11.5 Å². The van der Waals surface area contributed by atoms with Crippen molar-refractivity contribution in [2.24, 2.45) is 0 Å². The Labute approximate surface area is 128 Å². The molecular weight excluding hydrogens is 282 g/mol. The van der Waals surface area contributed by atoms with Crippen molar-refractivity contribution in [3.8, 4) is 17.6 Å². The Morgan fingerprint density at radius 3 is 2.77 bits per heavy atom. The van der Waals surface area contributed by atoms with Crippen molar-refractivity contribution >= 4 is 5.91 Å². The number of amides is 1. The first-order valence-corrected chi connectivity index (χ1v) is 6.55. The van der Waals surface area contributed by atoms with E-state index in [0.29, 0.717) is 11.3 Å². The number of nitriles is 1. The molecule has 1 aromatic heterocycles. The molecule has 2 rings (SSSR count). The number of carbonyl (C=O) groups excluding carboxylic acids is 1. The number of carbonyl (C=O) groups is 1. The highest BCUT2D eigenvalue weighted by Crippen LogP contribution is 2.22. The van der Waals surface area contributed by atoms with Crippen LogP contribution in [0.1, 0.15) is 27.7 Å². The second-order valence-electron chi connectivity index (χ2n) is 4.64. The van der Waals surface area contributed by atoms with Crippen LogP contribution < -0.4 is 10.1 Å². The molecule has 22 heavy (non-hydrogen) atoms. The number of aromatic nitrogens is 1. The minimum Gasteiger partial charge on any atom is -0.505 e. The lowest BCUT2D eigenvalue weighted by Gasteiger charge is -2.14. The molecule has 0 saturated carbocycles. The quantitative estimate of drug-likeness (QED) is 0.901. The van der Waals surface area contributed by atoms with E-state index < -0.39 is 11.9 Å². The van der Waals surface area contributed by atoms with Crippen molar-refractivity contribution in [2.45, 2.75) is 13.0 Å². The van der Waals surface area contributed by atoms with Crippen LogP contribution in [0.2, 0.25) is 0 Å². The lowest BCUT2D eigenvalue weighted by molar-refractivity contribution is 0.0937. The van der Waals surface area contributed by atoms with Crippen molar-refractivity contribution in [3.63, 3.8) is 0 Å². The predicted molar refractivity (Wildman–Crippen MR) is 79.5 cm³/mol. The molecule has 6 nitrogen and oxygen atoms in total. The molecule has 112 valence electrons. The van der Waals surface area contributed by atoms with Crippen molar-refractivity contribution in [1.29, 1.82) is 5.26 Å². The molecule has 2 N–H and O–H groups in total. The van der Waals surface area contributed by atoms with Gasteiger partial charge in [-0.1, -0.05) is 24.3 Å². The van der Waals surface area contributed by atoms with Crippen molar-refractivity contribution in [3.05, 3.63) is 53.3 Å². The average Bonchev–Trinajstić information content (AvgIpc) is 2.53. The summed E-state index contributed by atoms with van der Waals surface area (Å²) in [6.07, 6.45) is 1.32. The number of benzene rings is 1. The van der Waals surface area contributed by atoms with Crippen LogP contribution in [-0.4, -0.2) is 23.1 Å². The lowest BCUT2D eigenvalue weighted by atomic mass is 10.0. The van der Waals surface area contributed by atoms with Gasteiger partial charge in [-0.25, -0.2) is 4.98 Å². The molecule has 2 aromatic rings. The van der Waals surface area contributed by atoms with E-state index in [1.807, 2.05) is 25.1 Å². The monoisotopic (exact) mass is 297 g/mol. The number of hydrogen-bond acceptors (Lipinski definition) is 5. The first-order chi connectivity index (χ1) is 10.6. The fourth-order valence-electron chi connectivity index (χ4n) is 2.01. The van der Waals surface area contributed by atoms with Crippen molar-refractivity contribution < 1.29 is 14.6 Å². The van der Waals surface area contributed by atoms with E-state index in [0.717, 1.165) is 5.56 Å². The summed E-state index contributed by atoms with van der Waals surface area (Å²) in [7, 11) is 1.43. The summed E-state index contributed by atoms with van der Waals surface area (Å²) in [4.78, 5) is 16.0. The molecule has 0 saturated heterocycles. The van der Waals surface area contributed by atoms with E-state index in [2.05, 4.69) is 10.3 Å². The molecule has 0 bridgehead atoms. The fourth-order valence-corrected chi connectivity index (χ4v) is 2.01. The van der Waals surface area contributed by atoms with Crippen LogP contribution in [0.4, 0.5) is 0 Å². The standard InChI is InChI=1S/C16H15N3O3/c1-10-5-3-4-6-12(10)13(8-17)19-16(21)15-14(20)7-11(22-2)9-18-15/h3-7,9,13,20H,1-2H3,(H,19,21). The fraction of sp³-hybridized carbons (Fsp3) is 0.188. The summed E-state index contributed by atoms with van der Waals surface area (Å²) < 4.78 is 4.91. The van der Waals surface area contributed by atoms with Crippen LogP contribution >= 0.6 is 0 Å². The SMILES string of the molecule is COc1cnc(C(=O)NC(C#N)c2ccccc2C)c(O)c1. The van der Waals surface area contributed by atoms with Crippen LogP contribution in [0.15, 0.2) is 36.5 Å². The highest BCUT2D eigenvalue weighted by Gasteiger charge is 2.20. The number of pyridine rings is 1. The Balaban J connectivity index is 2.24. The first kappa shape index (κ1) is 15.3. The third-order valence-corrected chi connectivity index (χ3v) is 3.20. The van der Waals surface area contributed by atoms with Gasteiger partial charge in [-0.3, -0.25) is 4.79 Å². The minimum absolute atomic E-state index is 0.158. The Kier molecular flexibility index (Phi) is 4.59. The average molecular weight is 297 g/mol. The first-order valence-electron chi connectivity index (χ1n) is 6.55. The maximum atomic E-state index is 12.2. The summed E-state index contributed by atoms with van der Waals surface area (Å²) in [6.45, 7) is 1.86. The zero-order valence-electron chi connectivity index (χ0n) is 12.2. The second-order valence-corrected chi connectivity index (χ2v) is 4.64. The Bertz CT molecular complexity index is 738. The number of rotatable bonds is 4. The highest BCUT2D eigenvalue weighted by atomic mass is 16.5. The van der Waals surface area contributed by atoms with E-state index in [-0.39, 0.29) is 11.4 Å². The number of aryl methyl sites for hydroxylation is 1. The summed E-state index contributed by atoms with van der Waals surface area (Å²) in [5, 5.41) is 21.7. The molecule has 0 radical (unpaired) electrons. The number of aromatic hydroxyl groups is 1. The molecule has 1 unspecified atom stereocenters. The molecule has 1 aromatic carbocycles. The maximum Gasteiger partial charge on any atom is 0.275 e. The number of methoxy groups -OCH3 is 1. The highest BCUT2D eigenvalue weighted by molar-refractivity contribution is 5.95.